The van der Waals surface area contributed by atoms with Gasteiger partial charge < -0.3 is 10.4 Å². The summed E-state index contributed by atoms with van der Waals surface area (Å²) in [5, 5.41) is 16.1. The molecule has 0 bridgehead atoms. The number of aromatic nitrogens is 3. The largest absolute Gasteiger partial charge is 0.378 e. The average molecular weight is 457 g/mol. The number of nitrogens with zero attached hydrogens (tertiary/aromatic N) is 3. The van der Waals surface area contributed by atoms with E-state index in [9.17, 15) is 5.11 Å². The van der Waals surface area contributed by atoms with Crippen molar-refractivity contribution in [3.63, 3.8) is 0 Å². The Morgan fingerprint density at radius 3 is 2.58 bits per heavy atom. The fourth-order valence-corrected chi connectivity index (χ4v) is 4.14. The van der Waals surface area contributed by atoms with Crippen molar-refractivity contribution in [3.8, 4) is 23.2 Å². The summed E-state index contributed by atoms with van der Waals surface area (Å²) in [6.07, 6.45) is 5.48. The molecule has 1 atom stereocenters. The Balaban J connectivity index is 1.65. The van der Waals surface area contributed by atoms with Gasteiger partial charge >= 0.3 is 0 Å². The number of hydrogen-bond donors (Lipinski definition) is 2. The van der Waals surface area contributed by atoms with Crippen LogP contribution < -0.4 is 5.32 Å². The third-order valence-corrected chi connectivity index (χ3v) is 6.68. The second kappa shape index (κ2) is 10.1. The minimum atomic E-state index is -1.06. The molecule has 5 nitrogen and oxygen atoms in total. The van der Waals surface area contributed by atoms with Crippen molar-refractivity contribution in [3.05, 3.63) is 71.4 Å². The number of aryl methyl sites for hydroxylation is 1. The zero-order valence-electron chi connectivity index (χ0n) is 19.2. The summed E-state index contributed by atoms with van der Waals surface area (Å²) in [4.78, 5) is 13.8. The molecular formula is C27H28N4OS. The molecule has 3 heterocycles. The number of hydrogen-bond acceptors (Lipinski definition) is 6. The first-order valence-electron chi connectivity index (χ1n) is 11.2. The number of fused-ring (bicyclic) bond motifs is 1. The standard InChI is InChI=1S/C27H28N4OS/c1-19(2)27(3,32)14-11-22-18-33-24-23(22)30-25(21-12-16-28-17-13-21)31-26(24)29-15-7-10-20-8-5-4-6-9-20/h4-6,8-9,12-13,16-19,32H,7,10,15H2,1-3H3,(H,29,30,31). The lowest BCUT2D eigenvalue weighted by atomic mass is 9.93. The van der Waals surface area contributed by atoms with Gasteiger partial charge in [0.05, 0.1) is 10.3 Å². The van der Waals surface area contributed by atoms with Crippen LogP contribution in [-0.2, 0) is 6.42 Å². The van der Waals surface area contributed by atoms with Gasteiger partial charge in [0, 0.05) is 29.9 Å². The number of anilines is 1. The first-order chi connectivity index (χ1) is 15.9. The minimum absolute atomic E-state index is 0.0266. The fourth-order valence-electron chi connectivity index (χ4n) is 3.24. The molecule has 1 unspecified atom stereocenters. The summed E-state index contributed by atoms with van der Waals surface area (Å²) in [7, 11) is 0. The van der Waals surface area contributed by atoms with Gasteiger partial charge in [-0.3, -0.25) is 4.98 Å². The van der Waals surface area contributed by atoms with Crippen molar-refractivity contribution in [2.45, 2.75) is 39.2 Å². The van der Waals surface area contributed by atoms with E-state index in [1.807, 2.05) is 37.4 Å². The fraction of sp³-hybridized carbons (Fsp3) is 0.296. The number of aliphatic hydroxyl groups is 1. The summed E-state index contributed by atoms with van der Waals surface area (Å²) in [5.41, 5.74) is 2.78. The van der Waals surface area contributed by atoms with E-state index >= 15 is 0 Å². The predicted molar refractivity (Wildman–Crippen MR) is 136 cm³/mol. The normalized spacial score (nSPS) is 12.9. The molecule has 4 aromatic rings. The van der Waals surface area contributed by atoms with E-state index in [0.29, 0.717) is 5.82 Å². The number of nitrogens with one attached hydrogen (secondary N) is 1. The molecule has 33 heavy (non-hydrogen) atoms. The topological polar surface area (TPSA) is 70.9 Å². The van der Waals surface area contributed by atoms with Crippen LogP contribution in [0.4, 0.5) is 5.82 Å². The van der Waals surface area contributed by atoms with Crippen molar-refractivity contribution >= 4 is 27.4 Å². The summed E-state index contributed by atoms with van der Waals surface area (Å²) in [6.45, 7) is 6.47. The van der Waals surface area contributed by atoms with E-state index < -0.39 is 5.60 Å². The van der Waals surface area contributed by atoms with Gasteiger partial charge in [-0.25, -0.2) is 9.97 Å². The van der Waals surface area contributed by atoms with Crippen LogP contribution in [0.5, 0.6) is 0 Å². The second-order valence-electron chi connectivity index (χ2n) is 8.53. The van der Waals surface area contributed by atoms with E-state index in [0.717, 1.165) is 46.5 Å². The molecule has 4 rings (SSSR count). The van der Waals surface area contributed by atoms with Crippen LogP contribution >= 0.6 is 11.3 Å². The van der Waals surface area contributed by atoms with E-state index in [-0.39, 0.29) is 5.92 Å². The third kappa shape index (κ3) is 5.57. The van der Waals surface area contributed by atoms with Gasteiger partial charge in [0.2, 0.25) is 0 Å². The first-order valence-corrected chi connectivity index (χ1v) is 12.0. The number of pyridine rings is 1. The van der Waals surface area contributed by atoms with Crippen molar-refractivity contribution in [2.75, 3.05) is 11.9 Å². The summed E-state index contributed by atoms with van der Waals surface area (Å²) >= 11 is 1.57. The average Bonchev–Trinajstić information content (AvgIpc) is 3.25. The van der Waals surface area contributed by atoms with Crippen molar-refractivity contribution in [2.24, 2.45) is 5.92 Å². The first kappa shape index (κ1) is 22.9. The molecule has 3 aromatic heterocycles. The monoisotopic (exact) mass is 456 g/mol. The zero-order valence-corrected chi connectivity index (χ0v) is 20.0. The molecule has 0 saturated heterocycles. The number of rotatable bonds is 7. The molecule has 0 radical (unpaired) electrons. The highest BCUT2D eigenvalue weighted by atomic mass is 32.1. The van der Waals surface area contributed by atoms with E-state index in [4.69, 9.17) is 9.97 Å². The number of benzene rings is 1. The zero-order chi connectivity index (χ0) is 23.3. The van der Waals surface area contributed by atoms with Crippen LogP contribution in [0.2, 0.25) is 0 Å². The van der Waals surface area contributed by atoms with Crippen molar-refractivity contribution in [1.29, 1.82) is 0 Å². The highest BCUT2D eigenvalue weighted by Crippen LogP contribution is 2.32. The van der Waals surface area contributed by atoms with Crippen LogP contribution in [0.15, 0.2) is 60.2 Å². The van der Waals surface area contributed by atoms with Gasteiger partial charge in [-0.1, -0.05) is 56.0 Å². The quantitative estimate of drug-likeness (QED) is 0.282. The van der Waals surface area contributed by atoms with Gasteiger partial charge in [-0.05, 0) is 43.4 Å². The maximum Gasteiger partial charge on any atom is 0.162 e. The van der Waals surface area contributed by atoms with Gasteiger partial charge in [-0.15, -0.1) is 11.3 Å². The van der Waals surface area contributed by atoms with Crippen molar-refractivity contribution in [1.82, 2.24) is 15.0 Å². The third-order valence-electron chi connectivity index (χ3n) is 5.71. The SMILES string of the molecule is CC(C)C(C)(O)C#Cc1csc2c(NCCCc3ccccc3)nc(-c3ccncc3)nc12. The van der Waals surface area contributed by atoms with E-state index in [1.165, 1.54) is 5.56 Å². The molecule has 0 aliphatic heterocycles. The molecule has 0 spiro atoms. The van der Waals surface area contributed by atoms with E-state index in [2.05, 4.69) is 46.4 Å². The Morgan fingerprint density at radius 2 is 1.85 bits per heavy atom. The minimum Gasteiger partial charge on any atom is -0.378 e. The van der Waals surface area contributed by atoms with Gasteiger partial charge in [0.25, 0.3) is 0 Å². The molecule has 0 amide bonds. The van der Waals surface area contributed by atoms with Crippen molar-refractivity contribution < 1.29 is 5.11 Å². The molecule has 168 valence electrons. The Kier molecular flexibility index (Phi) is 7.02. The van der Waals surface area contributed by atoms with Gasteiger partial charge in [-0.2, -0.15) is 0 Å². The molecule has 0 aliphatic carbocycles. The summed E-state index contributed by atoms with van der Waals surface area (Å²) in [5.74, 6) is 7.66. The van der Waals surface area contributed by atoms with Crippen LogP contribution in [0.1, 0.15) is 38.3 Å². The lowest BCUT2D eigenvalue weighted by molar-refractivity contribution is 0.0726. The summed E-state index contributed by atoms with van der Waals surface area (Å²) < 4.78 is 0.973. The molecule has 6 heteroatoms. The van der Waals surface area contributed by atoms with Crippen LogP contribution in [0.3, 0.4) is 0 Å². The summed E-state index contributed by atoms with van der Waals surface area (Å²) in [6, 6.07) is 14.3. The van der Waals surface area contributed by atoms with Gasteiger partial charge in [0.1, 0.15) is 16.9 Å². The van der Waals surface area contributed by atoms with Crippen LogP contribution in [0, 0.1) is 17.8 Å². The maximum atomic E-state index is 10.6. The molecule has 1 aromatic carbocycles. The van der Waals surface area contributed by atoms with Crippen LogP contribution in [-0.4, -0.2) is 32.2 Å². The maximum absolute atomic E-state index is 10.6. The predicted octanol–water partition coefficient (Wildman–Crippen LogP) is 5.56. The molecule has 0 fully saturated rings. The Hall–Kier alpha value is -3.27. The lowest BCUT2D eigenvalue weighted by Crippen LogP contribution is -2.28. The smallest absolute Gasteiger partial charge is 0.162 e. The molecular weight excluding hydrogens is 428 g/mol. The molecule has 2 N–H and O–H groups in total. The van der Waals surface area contributed by atoms with E-state index in [1.54, 1.807) is 30.7 Å². The molecule has 0 saturated carbocycles. The molecule has 0 aliphatic rings. The van der Waals surface area contributed by atoms with Gasteiger partial charge in [0.15, 0.2) is 5.82 Å². The second-order valence-corrected chi connectivity index (χ2v) is 9.41. The number of thiophene rings is 1. The Morgan fingerprint density at radius 1 is 1.09 bits per heavy atom. The lowest BCUT2D eigenvalue weighted by Gasteiger charge is -2.20. The van der Waals surface area contributed by atoms with Crippen LogP contribution in [0.25, 0.3) is 21.6 Å². The Labute approximate surface area is 199 Å². The highest BCUT2D eigenvalue weighted by Gasteiger charge is 2.22. The highest BCUT2D eigenvalue weighted by molar-refractivity contribution is 7.18. The Bertz CT molecular complexity index is 1270.